The Kier molecular flexibility index (Phi) is 14.1. The molecular formula is C8H21N. The summed E-state index contributed by atoms with van der Waals surface area (Å²) in [7, 11) is 4.21. The lowest BCUT2D eigenvalue weighted by molar-refractivity contribution is 0.398. The fraction of sp³-hybridized carbons (Fsp3) is 1.00. The van der Waals surface area contributed by atoms with E-state index in [4.69, 9.17) is 0 Å². The van der Waals surface area contributed by atoms with Crippen LogP contribution in [0.25, 0.3) is 0 Å². The second-order valence-corrected chi connectivity index (χ2v) is 2.16. The van der Waals surface area contributed by atoms with Crippen LogP contribution in [0.5, 0.6) is 0 Å². The normalized spacial score (nSPS) is 8.67. The van der Waals surface area contributed by atoms with E-state index < -0.39 is 0 Å². The highest BCUT2D eigenvalue weighted by Crippen LogP contribution is 1.86. The molecule has 0 atom stereocenters. The summed E-state index contributed by atoms with van der Waals surface area (Å²) in [6.45, 7) is 7.44. The minimum absolute atomic E-state index is 1.23. The molecule has 0 amide bonds. The molecule has 0 heterocycles. The van der Waals surface area contributed by atoms with Crippen molar-refractivity contribution in [3.63, 3.8) is 0 Å². The van der Waals surface area contributed by atoms with Crippen LogP contribution in [0.4, 0.5) is 0 Å². The van der Waals surface area contributed by atoms with E-state index in [1.807, 2.05) is 13.8 Å². The predicted molar refractivity (Wildman–Crippen MR) is 44.8 cm³/mol. The summed E-state index contributed by atoms with van der Waals surface area (Å²) >= 11 is 0. The van der Waals surface area contributed by atoms with Gasteiger partial charge in [-0.15, -0.1) is 0 Å². The molecule has 0 aliphatic rings. The van der Waals surface area contributed by atoms with Crippen LogP contribution in [0.1, 0.15) is 33.6 Å². The van der Waals surface area contributed by atoms with Crippen LogP contribution in [-0.4, -0.2) is 25.5 Å². The molecule has 0 aromatic carbocycles. The van der Waals surface area contributed by atoms with Gasteiger partial charge in [0.2, 0.25) is 0 Å². The van der Waals surface area contributed by atoms with Crippen LogP contribution in [0, 0.1) is 0 Å². The van der Waals surface area contributed by atoms with E-state index in [2.05, 4.69) is 25.9 Å². The first-order chi connectivity index (χ1) is 4.27. The summed E-state index contributed by atoms with van der Waals surface area (Å²) in [5, 5.41) is 0. The van der Waals surface area contributed by atoms with Crippen molar-refractivity contribution in [2.75, 3.05) is 20.6 Å². The van der Waals surface area contributed by atoms with Crippen LogP contribution < -0.4 is 0 Å². The molecule has 0 N–H and O–H groups in total. The predicted octanol–water partition coefficient (Wildman–Crippen LogP) is 2.37. The van der Waals surface area contributed by atoms with E-state index in [0.29, 0.717) is 0 Å². The molecule has 1 nitrogen and oxygen atoms in total. The zero-order chi connectivity index (χ0) is 7.70. The third-order valence-electron chi connectivity index (χ3n) is 0.959. The largest absolute Gasteiger partial charge is 0.309 e. The highest BCUT2D eigenvalue weighted by Gasteiger charge is 1.83. The quantitative estimate of drug-likeness (QED) is 0.568. The van der Waals surface area contributed by atoms with E-state index in [1.54, 1.807) is 0 Å². The number of unbranched alkanes of at least 4 members (excludes halogenated alkanes) is 1. The lowest BCUT2D eigenvalue weighted by atomic mass is 10.3. The second-order valence-electron chi connectivity index (χ2n) is 2.16. The van der Waals surface area contributed by atoms with Gasteiger partial charge in [-0.3, -0.25) is 0 Å². The van der Waals surface area contributed by atoms with Gasteiger partial charge in [-0.25, -0.2) is 0 Å². The van der Waals surface area contributed by atoms with Gasteiger partial charge >= 0.3 is 0 Å². The Morgan fingerprint density at radius 2 is 1.56 bits per heavy atom. The van der Waals surface area contributed by atoms with E-state index in [1.165, 1.54) is 19.4 Å². The van der Waals surface area contributed by atoms with Crippen molar-refractivity contribution in [2.45, 2.75) is 33.6 Å². The molecule has 0 radical (unpaired) electrons. The van der Waals surface area contributed by atoms with Gasteiger partial charge in [0.05, 0.1) is 0 Å². The Bertz CT molecular complexity index is 33.5. The molecule has 0 spiro atoms. The Hall–Kier alpha value is -0.0400. The summed E-state index contributed by atoms with van der Waals surface area (Å²) in [6, 6.07) is 0. The van der Waals surface area contributed by atoms with Crippen molar-refractivity contribution >= 4 is 0 Å². The molecule has 0 unspecified atom stereocenters. The first kappa shape index (κ1) is 11.7. The zero-order valence-corrected chi connectivity index (χ0v) is 7.57. The van der Waals surface area contributed by atoms with Crippen LogP contribution >= 0.6 is 0 Å². The van der Waals surface area contributed by atoms with Gasteiger partial charge in [0.15, 0.2) is 0 Å². The molecule has 1 heteroatoms. The molecule has 0 aromatic rings. The summed E-state index contributed by atoms with van der Waals surface area (Å²) < 4.78 is 0. The van der Waals surface area contributed by atoms with Crippen molar-refractivity contribution in [1.82, 2.24) is 4.90 Å². The summed E-state index contributed by atoms with van der Waals surface area (Å²) in [5.41, 5.74) is 0. The van der Waals surface area contributed by atoms with Gasteiger partial charge in [-0.05, 0) is 27.1 Å². The van der Waals surface area contributed by atoms with E-state index >= 15 is 0 Å². The number of rotatable bonds is 3. The summed E-state index contributed by atoms with van der Waals surface area (Å²) in [6.07, 6.45) is 2.63. The number of hydrogen-bond acceptors (Lipinski definition) is 1. The molecule has 0 bridgehead atoms. The maximum Gasteiger partial charge on any atom is -0.00249 e. The van der Waals surface area contributed by atoms with Crippen molar-refractivity contribution in [1.29, 1.82) is 0 Å². The minimum atomic E-state index is 1.23. The Morgan fingerprint density at radius 1 is 1.11 bits per heavy atom. The number of hydrogen-bond donors (Lipinski definition) is 0. The van der Waals surface area contributed by atoms with Gasteiger partial charge in [0, 0.05) is 0 Å². The number of nitrogens with zero attached hydrogens (tertiary/aromatic N) is 1. The SMILES string of the molecule is CC.CCCCN(C)C. The van der Waals surface area contributed by atoms with Gasteiger partial charge in [-0.1, -0.05) is 27.2 Å². The molecule has 0 fully saturated rings. The molecule has 0 aliphatic carbocycles. The van der Waals surface area contributed by atoms with E-state index in [9.17, 15) is 0 Å². The lowest BCUT2D eigenvalue weighted by Gasteiger charge is -2.05. The third-order valence-corrected chi connectivity index (χ3v) is 0.959. The van der Waals surface area contributed by atoms with Gasteiger partial charge < -0.3 is 4.90 Å². The van der Waals surface area contributed by atoms with Crippen molar-refractivity contribution in [3.8, 4) is 0 Å². The van der Waals surface area contributed by atoms with Crippen LogP contribution in [0.2, 0.25) is 0 Å². The van der Waals surface area contributed by atoms with Crippen LogP contribution in [0.3, 0.4) is 0 Å². The Morgan fingerprint density at radius 3 is 1.67 bits per heavy atom. The Labute approximate surface area is 60.1 Å². The average molecular weight is 131 g/mol. The molecule has 9 heavy (non-hydrogen) atoms. The fourth-order valence-corrected chi connectivity index (χ4v) is 0.474. The molecule has 58 valence electrons. The maximum atomic E-state index is 2.21. The Balaban J connectivity index is 0. The standard InChI is InChI=1S/C6H15N.C2H6/c1-4-5-6-7(2)3;1-2/h4-6H2,1-3H3;1-2H3. The summed E-state index contributed by atoms with van der Waals surface area (Å²) in [5.74, 6) is 0. The smallest absolute Gasteiger partial charge is 0.00249 e. The van der Waals surface area contributed by atoms with Gasteiger partial charge in [0.1, 0.15) is 0 Å². The highest BCUT2D eigenvalue weighted by molar-refractivity contribution is 4.39. The fourth-order valence-electron chi connectivity index (χ4n) is 0.474. The molecule has 0 aromatic heterocycles. The highest BCUT2D eigenvalue weighted by atomic mass is 15.0. The van der Waals surface area contributed by atoms with Gasteiger partial charge in [-0.2, -0.15) is 0 Å². The van der Waals surface area contributed by atoms with Crippen molar-refractivity contribution in [3.05, 3.63) is 0 Å². The first-order valence-electron chi connectivity index (χ1n) is 3.92. The molecule has 0 saturated carbocycles. The third kappa shape index (κ3) is 18.0. The van der Waals surface area contributed by atoms with Crippen molar-refractivity contribution in [2.24, 2.45) is 0 Å². The maximum absolute atomic E-state index is 2.21. The van der Waals surface area contributed by atoms with E-state index in [0.717, 1.165) is 0 Å². The molecular weight excluding hydrogens is 110 g/mol. The lowest BCUT2D eigenvalue weighted by Crippen LogP contribution is -2.12. The zero-order valence-electron chi connectivity index (χ0n) is 7.57. The average Bonchev–Trinajstić information content (AvgIpc) is 1.88. The topological polar surface area (TPSA) is 3.24 Å². The second kappa shape index (κ2) is 10.9. The van der Waals surface area contributed by atoms with Gasteiger partial charge in [0.25, 0.3) is 0 Å². The molecule has 0 saturated heterocycles. The van der Waals surface area contributed by atoms with E-state index in [-0.39, 0.29) is 0 Å². The minimum Gasteiger partial charge on any atom is -0.309 e. The molecule has 0 aliphatic heterocycles. The monoisotopic (exact) mass is 131 g/mol. The summed E-state index contributed by atoms with van der Waals surface area (Å²) in [4.78, 5) is 2.21. The first-order valence-corrected chi connectivity index (χ1v) is 3.92. The van der Waals surface area contributed by atoms with Crippen molar-refractivity contribution < 1.29 is 0 Å². The molecule has 0 rings (SSSR count). The van der Waals surface area contributed by atoms with Crippen LogP contribution in [0.15, 0.2) is 0 Å². The van der Waals surface area contributed by atoms with Crippen LogP contribution in [-0.2, 0) is 0 Å².